The van der Waals surface area contributed by atoms with Crippen LogP contribution in [0.2, 0.25) is 10.0 Å². The zero-order valence-electron chi connectivity index (χ0n) is 17.4. The lowest BCUT2D eigenvalue weighted by Crippen LogP contribution is -2.05. The third-order valence-corrected chi connectivity index (χ3v) is 5.40. The minimum Gasteiger partial charge on any atom is -0.402 e. The summed E-state index contributed by atoms with van der Waals surface area (Å²) in [7, 11) is 0. The highest BCUT2D eigenvalue weighted by Crippen LogP contribution is 2.23. The molecule has 6 nitrogen and oxygen atoms in total. The molecule has 0 aromatic heterocycles. The Morgan fingerprint density at radius 1 is 0.618 bits per heavy atom. The fraction of sp³-hybridized carbons (Fsp3) is 0. The number of halogens is 2. The molecule has 8 heteroatoms. The van der Waals surface area contributed by atoms with Crippen molar-refractivity contribution in [1.29, 1.82) is 0 Å². The first-order valence-corrected chi connectivity index (χ1v) is 10.9. The maximum Gasteiger partial charge on any atom is 0.363 e. The van der Waals surface area contributed by atoms with Gasteiger partial charge in [-0.1, -0.05) is 59.6 Å². The van der Waals surface area contributed by atoms with E-state index >= 15 is 0 Å². The van der Waals surface area contributed by atoms with Crippen molar-refractivity contribution in [1.82, 2.24) is 0 Å². The van der Waals surface area contributed by atoms with Crippen LogP contribution in [-0.4, -0.2) is 23.7 Å². The molecule has 0 fully saturated rings. The highest BCUT2D eigenvalue weighted by atomic mass is 35.5. The van der Waals surface area contributed by atoms with E-state index in [1.54, 1.807) is 84.9 Å². The van der Waals surface area contributed by atoms with Crippen LogP contribution in [0.4, 0.5) is 0 Å². The summed E-state index contributed by atoms with van der Waals surface area (Å²) in [6.07, 6.45) is 3.24. The molecule has 0 radical (unpaired) electrons. The molecule has 0 bridgehead atoms. The molecule has 2 aliphatic rings. The topological polar surface area (TPSA) is 77.3 Å². The summed E-state index contributed by atoms with van der Waals surface area (Å²) < 4.78 is 10.5. The maximum absolute atomic E-state index is 12.2. The van der Waals surface area contributed by atoms with E-state index < -0.39 is 11.9 Å². The molecule has 0 spiro atoms. The molecule has 5 rings (SSSR count). The fourth-order valence-electron chi connectivity index (χ4n) is 3.31. The SMILES string of the molecule is O=C1OC(c2cccc(Cl)c2)=N/C1=C\c1ccc(/C=C2\N=C(c3cccc(Cl)c3)OC2=O)cc1. The van der Waals surface area contributed by atoms with Gasteiger partial charge in [-0.25, -0.2) is 19.6 Å². The quantitative estimate of drug-likeness (QED) is 0.349. The largest absolute Gasteiger partial charge is 0.402 e. The summed E-state index contributed by atoms with van der Waals surface area (Å²) in [4.78, 5) is 33.0. The number of hydrogen-bond acceptors (Lipinski definition) is 6. The molecule has 0 saturated carbocycles. The first-order chi connectivity index (χ1) is 16.4. The van der Waals surface area contributed by atoms with Gasteiger partial charge in [-0.3, -0.25) is 0 Å². The van der Waals surface area contributed by atoms with Crippen LogP contribution >= 0.6 is 23.2 Å². The standard InChI is InChI=1S/C26H14Cl2N2O4/c27-19-5-1-3-17(13-19)23-29-21(25(31)33-23)11-15-7-9-16(10-8-15)12-22-26(32)34-24(30-22)18-4-2-6-20(28)14-18/h1-14H/b21-11-,22-12-. The molecule has 166 valence electrons. The molecule has 0 saturated heterocycles. The van der Waals surface area contributed by atoms with Gasteiger partial charge in [-0.05, 0) is 59.7 Å². The Bertz CT molecular complexity index is 1340. The molecule has 2 heterocycles. The average Bonchev–Trinajstić information content (AvgIpc) is 3.37. The van der Waals surface area contributed by atoms with E-state index in [1.165, 1.54) is 0 Å². The zero-order chi connectivity index (χ0) is 23.7. The van der Waals surface area contributed by atoms with E-state index in [0.29, 0.717) is 21.2 Å². The number of ether oxygens (including phenoxy) is 2. The summed E-state index contributed by atoms with van der Waals surface area (Å²) in [6.45, 7) is 0. The van der Waals surface area contributed by atoms with Crippen LogP contribution in [-0.2, 0) is 19.1 Å². The summed E-state index contributed by atoms with van der Waals surface area (Å²) in [5.74, 6) is -0.683. The Balaban J connectivity index is 1.36. The van der Waals surface area contributed by atoms with E-state index in [2.05, 4.69) is 9.98 Å². The van der Waals surface area contributed by atoms with Crippen molar-refractivity contribution in [2.45, 2.75) is 0 Å². The van der Waals surface area contributed by atoms with Crippen molar-refractivity contribution in [2.75, 3.05) is 0 Å². The molecule has 0 N–H and O–H groups in total. The minimum absolute atomic E-state index is 0.177. The molecule has 2 aliphatic heterocycles. The molecule has 3 aromatic carbocycles. The van der Waals surface area contributed by atoms with Gasteiger partial charge in [0.25, 0.3) is 0 Å². The van der Waals surface area contributed by atoms with E-state index in [9.17, 15) is 9.59 Å². The number of hydrogen-bond donors (Lipinski definition) is 0. The Kier molecular flexibility index (Phi) is 5.84. The number of aliphatic imine (C=N–C) groups is 2. The molecule has 3 aromatic rings. The van der Waals surface area contributed by atoms with E-state index in [4.69, 9.17) is 32.7 Å². The molecular formula is C26H14Cl2N2O4. The lowest BCUT2D eigenvalue weighted by Gasteiger charge is -1.99. The number of carbonyl (C=O) groups excluding carboxylic acids is 2. The number of nitrogens with zero attached hydrogens (tertiary/aromatic N) is 2. The van der Waals surface area contributed by atoms with E-state index in [-0.39, 0.29) is 23.2 Å². The van der Waals surface area contributed by atoms with Gasteiger partial charge in [-0.2, -0.15) is 0 Å². The predicted octanol–water partition coefficient (Wildman–Crippen LogP) is 5.68. The molecule has 0 amide bonds. The van der Waals surface area contributed by atoms with Crippen LogP contribution in [0.25, 0.3) is 12.2 Å². The Morgan fingerprint density at radius 2 is 1.03 bits per heavy atom. The first kappa shape index (κ1) is 21.8. The second kappa shape index (κ2) is 9.09. The van der Waals surface area contributed by atoms with Crippen LogP contribution in [0.1, 0.15) is 22.3 Å². The van der Waals surface area contributed by atoms with Gasteiger partial charge in [0.05, 0.1) is 0 Å². The minimum atomic E-state index is -0.544. The van der Waals surface area contributed by atoms with Crippen LogP contribution in [0.5, 0.6) is 0 Å². The van der Waals surface area contributed by atoms with Crippen molar-refractivity contribution in [3.8, 4) is 0 Å². The summed E-state index contributed by atoms with van der Waals surface area (Å²) >= 11 is 12.0. The number of benzene rings is 3. The van der Waals surface area contributed by atoms with Gasteiger partial charge in [0.2, 0.25) is 11.8 Å². The summed E-state index contributed by atoms with van der Waals surface area (Å²) in [6, 6.07) is 21.0. The highest BCUT2D eigenvalue weighted by Gasteiger charge is 2.25. The average molecular weight is 489 g/mol. The number of esters is 2. The first-order valence-electron chi connectivity index (χ1n) is 10.1. The van der Waals surface area contributed by atoms with Gasteiger partial charge in [0, 0.05) is 21.2 Å². The molecule has 0 atom stereocenters. The summed E-state index contributed by atoms with van der Waals surface area (Å²) in [5, 5.41) is 1.04. The van der Waals surface area contributed by atoms with Crippen molar-refractivity contribution in [3.05, 3.63) is 116 Å². The third kappa shape index (κ3) is 4.69. The second-order valence-corrected chi connectivity index (χ2v) is 8.23. The van der Waals surface area contributed by atoms with E-state index in [0.717, 1.165) is 11.1 Å². The second-order valence-electron chi connectivity index (χ2n) is 7.36. The van der Waals surface area contributed by atoms with Crippen LogP contribution in [0.3, 0.4) is 0 Å². The number of cyclic esters (lactones) is 2. The Labute approximate surface area is 204 Å². The molecular weight excluding hydrogens is 475 g/mol. The van der Waals surface area contributed by atoms with Crippen molar-refractivity contribution in [3.63, 3.8) is 0 Å². The van der Waals surface area contributed by atoms with Crippen molar-refractivity contribution >= 4 is 59.1 Å². The lowest BCUT2D eigenvalue weighted by atomic mass is 10.1. The predicted molar refractivity (Wildman–Crippen MR) is 131 cm³/mol. The normalized spacial score (nSPS) is 17.6. The smallest absolute Gasteiger partial charge is 0.363 e. The van der Waals surface area contributed by atoms with Crippen LogP contribution < -0.4 is 0 Å². The van der Waals surface area contributed by atoms with Gasteiger partial charge in [0.15, 0.2) is 11.4 Å². The molecule has 0 aliphatic carbocycles. The van der Waals surface area contributed by atoms with E-state index in [1.807, 2.05) is 0 Å². The van der Waals surface area contributed by atoms with Gasteiger partial charge < -0.3 is 9.47 Å². The monoisotopic (exact) mass is 488 g/mol. The van der Waals surface area contributed by atoms with Gasteiger partial charge >= 0.3 is 11.9 Å². The van der Waals surface area contributed by atoms with Gasteiger partial charge in [0.1, 0.15) is 0 Å². The molecule has 0 unspecified atom stereocenters. The van der Waals surface area contributed by atoms with Crippen molar-refractivity contribution in [2.24, 2.45) is 9.98 Å². The molecule has 34 heavy (non-hydrogen) atoms. The van der Waals surface area contributed by atoms with Gasteiger partial charge in [-0.15, -0.1) is 0 Å². The Hall–Kier alpha value is -4.00. The fourth-order valence-corrected chi connectivity index (χ4v) is 3.69. The lowest BCUT2D eigenvalue weighted by molar-refractivity contribution is -0.130. The maximum atomic E-state index is 12.2. The van der Waals surface area contributed by atoms with Crippen LogP contribution in [0.15, 0.2) is 94.2 Å². The third-order valence-electron chi connectivity index (χ3n) is 4.93. The van der Waals surface area contributed by atoms with Crippen LogP contribution in [0, 0.1) is 0 Å². The highest BCUT2D eigenvalue weighted by molar-refractivity contribution is 6.31. The summed E-state index contributed by atoms with van der Waals surface area (Å²) in [5.41, 5.74) is 3.07. The zero-order valence-corrected chi connectivity index (χ0v) is 18.9. The number of rotatable bonds is 4. The Morgan fingerprint density at radius 3 is 1.41 bits per heavy atom. The van der Waals surface area contributed by atoms with Crippen molar-refractivity contribution < 1.29 is 19.1 Å². The number of carbonyl (C=O) groups is 2.